The molecule has 0 aromatic heterocycles. The number of ketones is 1. The molecule has 0 aromatic rings. The summed E-state index contributed by atoms with van der Waals surface area (Å²) < 4.78 is 0. The molecule has 0 aliphatic rings. The predicted octanol–water partition coefficient (Wildman–Crippen LogP) is 1.79. The van der Waals surface area contributed by atoms with Crippen molar-refractivity contribution < 1.29 is 4.79 Å². The van der Waals surface area contributed by atoms with Crippen molar-refractivity contribution in [2.24, 2.45) is 5.41 Å². The van der Waals surface area contributed by atoms with Crippen LogP contribution in [0.4, 0.5) is 0 Å². The Balaban J connectivity index is 4.42. The van der Waals surface area contributed by atoms with Crippen LogP contribution in [-0.2, 0) is 4.79 Å². The maximum Gasteiger partial charge on any atom is 0.147 e. The number of terminal acetylenes is 1. The summed E-state index contributed by atoms with van der Waals surface area (Å²) in [4.78, 5) is 10.9. The van der Waals surface area contributed by atoms with Gasteiger partial charge >= 0.3 is 0 Å². The topological polar surface area (TPSA) is 17.1 Å². The lowest BCUT2D eigenvalue weighted by atomic mass is 9.84. The first-order valence-corrected chi connectivity index (χ1v) is 3.16. The van der Waals surface area contributed by atoms with Gasteiger partial charge in [-0.3, -0.25) is 4.79 Å². The molecule has 0 amide bonds. The molecule has 1 heteroatoms. The Hall–Kier alpha value is -1.03. The molecule has 0 spiro atoms. The van der Waals surface area contributed by atoms with Gasteiger partial charge in [0.2, 0.25) is 0 Å². The van der Waals surface area contributed by atoms with Crippen molar-refractivity contribution in [1.82, 2.24) is 0 Å². The number of carbonyl (C=O) groups excluding carboxylic acids is 1. The Morgan fingerprint density at radius 2 is 2.40 bits per heavy atom. The Morgan fingerprint density at radius 3 is 2.50 bits per heavy atom. The van der Waals surface area contributed by atoms with Crippen LogP contribution < -0.4 is 0 Å². The number of hydrogen-bond donors (Lipinski definition) is 0. The fourth-order valence-corrected chi connectivity index (χ4v) is 0.593. The second-order valence-electron chi connectivity index (χ2n) is 2.53. The van der Waals surface area contributed by atoms with E-state index in [0.29, 0.717) is 6.42 Å². The third-order valence-electron chi connectivity index (χ3n) is 1.65. The van der Waals surface area contributed by atoms with E-state index in [4.69, 9.17) is 6.42 Å². The summed E-state index contributed by atoms with van der Waals surface area (Å²) in [6.07, 6.45) is 7.40. The maximum atomic E-state index is 10.9. The van der Waals surface area contributed by atoms with E-state index in [1.54, 1.807) is 13.0 Å². The van der Waals surface area contributed by atoms with E-state index in [1.165, 1.54) is 6.92 Å². The molecule has 0 fully saturated rings. The molecule has 0 bridgehead atoms. The molecular weight excluding hydrogens is 124 g/mol. The van der Waals surface area contributed by atoms with Gasteiger partial charge in [-0.15, -0.1) is 13.0 Å². The number of Topliss-reactive ketones (excluding diaryl/α,β-unsaturated/α-hetero) is 1. The van der Waals surface area contributed by atoms with Crippen molar-refractivity contribution in [2.75, 3.05) is 0 Å². The fraction of sp³-hybridized carbons (Fsp3) is 0.444. The summed E-state index contributed by atoms with van der Waals surface area (Å²) in [6, 6.07) is 0. The van der Waals surface area contributed by atoms with Gasteiger partial charge in [0.25, 0.3) is 0 Å². The molecule has 0 saturated carbocycles. The minimum absolute atomic E-state index is 0.0231. The number of rotatable bonds is 3. The van der Waals surface area contributed by atoms with Gasteiger partial charge in [0, 0.05) is 0 Å². The molecule has 0 heterocycles. The molecule has 1 unspecified atom stereocenters. The second-order valence-corrected chi connectivity index (χ2v) is 2.53. The van der Waals surface area contributed by atoms with E-state index < -0.39 is 5.41 Å². The number of carbonyl (C=O) groups is 1. The van der Waals surface area contributed by atoms with Gasteiger partial charge in [0.15, 0.2) is 0 Å². The average molecular weight is 136 g/mol. The van der Waals surface area contributed by atoms with Crippen molar-refractivity contribution in [1.29, 1.82) is 0 Å². The molecule has 1 nitrogen and oxygen atoms in total. The zero-order valence-electron chi connectivity index (χ0n) is 6.48. The van der Waals surface area contributed by atoms with Crippen molar-refractivity contribution in [3.05, 3.63) is 12.7 Å². The summed E-state index contributed by atoms with van der Waals surface area (Å²) in [5.74, 6) is 2.48. The van der Waals surface area contributed by atoms with Gasteiger partial charge in [0.05, 0.1) is 5.41 Å². The largest absolute Gasteiger partial charge is 0.298 e. The fourth-order valence-electron chi connectivity index (χ4n) is 0.593. The standard InChI is InChI=1S/C9H12O/c1-5-7-9(4,6-2)8(3)10/h2,5H,1,7H2,3-4H3. The van der Waals surface area contributed by atoms with Gasteiger partial charge < -0.3 is 0 Å². The summed E-state index contributed by atoms with van der Waals surface area (Å²) in [6.45, 7) is 6.78. The normalized spacial score (nSPS) is 14.9. The Morgan fingerprint density at radius 1 is 1.90 bits per heavy atom. The van der Waals surface area contributed by atoms with E-state index in [-0.39, 0.29) is 5.78 Å². The molecule has 1 atom stereocenters. The molecule has 0 aliphatic carbocycles. The quantitative estimate of drug-likeness (QED) is 0.427. The summed E-state index contributed by atoms with van der Waals surface area (Å²) in [5, 5.41) is 0. The predicted molar refractivity (Wildman–Crippen MR) is 42.4 cm³/mol. The van der Waals surface area contributed by atoms with Crippen LogP contribution in [0, 0.1) is 17.8 Å². The van der Waals surface area contributed by atoms with Gasteiger partial charge in [-0.25, -0.2) is 0 Å². The smallest absolute Gasteiger partial charge is 0.147 e. The highest BCUT2D eigenvalue weighted by Crippen LogP contribution is 2.21. The molecular formula is C9H12O. The highest BCUT2D eigenvalue weighted by Gasteiger charge is 2.24. The zero-order chi connectivity index (χ0) is 8.20. The first-order chi connectivity index (χ1) is 4.56. The van der Waals surface area contributed by atoms with Gasteiger partial charge in [-0.2, -0.15) is 0 Å². The molecule has 0 rings (SSSR count). The molecule has 54 valence electrons. The first-order valence-electron chi connectivity index (χ1n) is 3.16. The van der Waals surface area contributed by atoms with Crippen molar-refractivity contribution in [3.8, 4) is 12.3 Å². The van der Waals surface area contributed by atoms with E-state index in [1.807, 2.05) is 0 Å². The van der Waals surface area contributed by atoms with Crippen LogP contribution >= 0.6 is 0 Å². The van der Waals surface area contributed by atoms with Crippen molar-refractivity contribution >= 4 is 5.78 Å². The lowest BCUT2D eigenvalue weighted by molar-refractivity contribution is -0.122. The highest BCUT2D eigenvalue weighted by molar-refractivity contribution is 5.85. The summed E-state index contributed by atoms with van der Waals surface area (Å²) in [5.41, 5.74) is -0.637. The number of hydrogen-bond acceptors (Lipinski definition) is 1. The lowest BCUT2D eigenvalue weighted by Gasteiger charge is -2.16. The summed E-state index contributed by atoms with van der Waals surface area (Å²) in [7, 11) is 0. The monoisotopic (exact) mass is 136 g/mol. The minimum atomic E-state index is -0.637. The van der Waals surface area contributed by atoms with Crippen LogP contribution in [0.3, 0.4) is 0 Å². The lowest BCUT2D eigenvalue weighted by Crippen LogP contribution is -2.22. The third kappa shape index (κ3) is 1.73. The zero-order valence-corrected chi connectivity index (χ0v) is 6.48. The third-order valence-corrected chi connectivity index (χ3v) is 1.65. The van der Waals surface area contributed by atoms with Crippen LogP contribution in [0.15, 0.2) is 12.7 Å². The van der Waals surface area contributed by atoms with Gasteiger partial charge in [-0.05, 0) is 20.3 Å². The van der Waals surface area contributed by atoms with E-state index in [9.17, 15) is 4.79 Å². The Bertz CT molecular complexity index is 185. The van der Waals surface area contributed by atoms with Crippen LogP contribution in [0.5, 0.6) is 0 Å². The molecule has 0 radical (unpaired) electrons. The average Bonchev–Trinajstić information content (AvgIpc) is 1.88. The van der Waals surface area contributed by atoms with Gasteiger partial charge in [0.1, 0.15) is 5.78 Å². The maximum absolute atomic E-state index is 10.9. The van der Waals surface area contributed by atoms with Crippen LogP contribution in [0.2, 0.25) is 0 Å². The van der Waals surface area contributed by atoms with Crippen LogP contribution in [0.25, 0.3) is 0 Å². The molecule has 0 N–H and O–H groups in total. The highest BCUT2D eigenvalue weighted by atomic mass is 16.1. The minimum Gasteiger partial charge on any atom is -0.298 e. The summed E-state index contributed by atoms with van der Waals surface area (Å²) >= 11 is 0. The SMILES string of the molecule is C#CC(C)(CC=C)C(C)=O. The second kappa shape index (κ2) is 3.22. The Kier molecular flexibility index (Phi) is 2.89. The van der Waals surface area contributed by atoms with Crippen LogP contribution in [-0.4, -0.2) is 5.78 Å². The number of allylic oxidation sites excluding steroid dienone is 1. The van der Waals surface area contributed by atoms with Crippen molar-refractivity contribution in [3.63, 3.8) is 0 Å². The molecule has 10 heavy (non-hydrogen) atoms. The van der Waals surface area contributed by atoms with E-state index in [2.05, 4.69) is 12.5 Å². The molecule has 0 aromatic carbocycles. The van der Waals surface area contributed by atoms with Gasteiger partial charge in [-0.1, -0.05) is 12.0 Å². The molecule has 0 aliphatic heterocycles. The van der Waals surface area contributed by atoms with Crippen molar-refractivity contribution in [2.45, 2.75) is 20.3 Å². The van der Waals surface area contributed by atoms with E-state index in [0.717, 1.165) is 0 Å². The molecule has 0 saturated heterocycles. The first kappa shape index (κ1) is 8.97. The van der Waals surface area contributed by atoms with Crippen LogP contribution in [0.1, 0.15) is 20.3 Å². The Labute approximate surface area is 62.1 Å². The van der Waals surface area contributed by atoms with E-state index >= 15 is 0 Å².